The van der Waals surface area contributed by atoms with Gasteiger partial charge in [-0.3, -0.25) is 0 Å². The van der Waals surface area contributed by atoms with Crippen molar-refractivity contribution in [2.24, 2.45) is 4.99 Å². The molecular weight excluding hydrogens is 491 g/mol. The molecule has 0 aliphatic rings. The molecule has 0 spiro atoms. The van der Waals surface area contributed by atoms with Gasteiger partial charge < -0.3 is 15.4 Å². The molecule has 7 nitrogen and oxygen atoms in total. The van der Waals surface area contributed by atoms with Crippen LogP contribution in [0.3, 0.4) is 0 Å². The lowest BCUT2D eigenvalue weighted by Gasteiger charge is -2.13. The van der Waals surface area contributed by atoms with Crippen LogP contribution in [0.25, 0.3) is 0 Å². The van der Waals surface area contributed by atoms with Gasteiger partial charge >= 0.3 is 0 Å². The van der Waals surface area contributed by atoms with Gasteiger partial charge in [-0.2, -0.15) is 0 Å². The summed E-state index contributed by atoms with van der Waals surface area (Å²) in [7, 11) is -0.382. The van der Waals surface area contributed by atoms with Crippen LogP contribution < -0.4 is 20.1 Å². The lowest BCUT2D eigenvalue weighted by Crippen LogP contribution is -2.36. The van der Waals surface area contributed by atoms with Crippen molar-refractivity contribution in [3.8, 4) is 5.75 Å². The molecule has 0 bridgehead atoms. The molecule has 0 fully saturated rings. The molecule has 9 heteroatoms. The maximum atomic E-state index is 11.8. The number of guanidine groups is 1. The quantitative estimate of drug-likeness (QED) is 0.284. The van der Waals surface area contributed by atoms with E-state index in [2.05, 4.69) is 20.3 Å². The van der Waals surface area contributed by atoms with Crippen LogP contribution in [0.4, 0.5) is 0 Å². The molecule has 0 saturated carbocycles. The Bertz CT molecular complexity index is 871. The first-order valence-electron chi connectivity index (χ1n) is 8.66. The van der Waals surface area contributed by atoms with Crippen molar-refractivity contribution in [2.45, 2.75) is 24.9 Å². The van der Waals surface area contributed by atoms with E-state index in [1.807, 2.05) is 31.2 Å². The van der Waals surface area contributed by atoms with Gasteiger partial charge in [-0.25, -0.2) is 18.1 Å². The molecule has 3 N–H and O–H groups in total. The summed E-state index contributed by atoms with van der Waals surface area (Å²) in [5.74, 6) is 1.50. The van der Waals surface area contributed by atoms with Crippen molar-refractivity contribution in [3.05, 3.63) is 59.7 Å². The van der Waals surface area contributed by atoms with Crippen molar-refractivity contribution in [1.82, 2.24) is 15.4 Å². The number of nitrogens with zero attached hydrogens (tertiary/aromatic N) is 1. The fourth-order valence-electron chi connectivity index (χ4n) is 2.43. The second-order valence-corrected chi connectivity index (χ2v) is 7.60. The van der Waals surface area contributed by atoms with Gasteiger partial charge in [-0.05, 0) is 37.7 Å². The van der Waals surface area contributed by atoms with Crippen molar-refractivity contribution >= 4 is 40.0 Å². The standard InChI is InChI=1S/C19H26N4O3S.HI/c1-4-21-19(23-14-16-7-5-6-8-18(16)26-3)22-13-15-9-11-17(12-10-15)27(24,25)20-2;/h5-12,20H,4,13-14H2,1-3H3,(H2,21,22,23);1H. The molecule has 0 unspecified atom stereocenters. The molecule has 0 atom stereocenters. The van der Waals surface area contributed by atoms with Crippen LogP contribution in [0.15, 0.2) is 58.4 Å². The Labute approximate surface area is 184 Å². The first-order valence-corrected chi connectivity index (χ1v) is 10.1. The van der Waals surface area contributed by atoms with E-state index in [0.29, 0.717) is 19.0 Å². The predicted octanol–water partition coefficient (Wildman–Crippen LogP) is 2.48. The van der Waals surface area contributed by atoms with Gasteiger partial charge in [0.25, 0.3) is 0 Å². The molecule has 154 valence electrons. The van der Waals surface area contributed by atoms with Gasteiger partial charge in [0.15, 0.2) is 5.96 Å². The van der Waals surface area contributed by atoms with E-state index in [-0.39, 0.29) is 28.9 Å². The Morgan fingerprint density at radius 3 is 2.36 bits per heavy atom. The SMILES string of the molecule is CCNC(=NCc1ccc(S(=O)(=O)NC)cc1)NCc1ccccc1OC.I. The molecule has 2 aromatic rings. The molecule has 28 heavy (non-hydrogen) atoms. The van der Waals surface area contributed by atoms with Crippen molar-refractivity contribution in [3.63, 3.8) is 0 Å². The molecular formula is C19H27IN4O3S. The summed E-state index contributed by atoms with van der Waals surface area (Å²) in [4.78, 5) is 4.79. The van der Waals surface area contributed by atoms with Gasteiger partial charge in [0.1, 0.15) is 5.75 Å². The van der Waals surface area contributed by atoms with Crippen LogP contribution in [0.2, 0.25) is 0 Å². The van der Waals surface area contributed by atoms with Gasteiger partial charge in [0.05, 0.1) is 18.6 Å². The predicted molar refractivity (Wildman–Crippen MR) is 123 cm³/mol. The number of methoxy groups -OCH3 is 1. The second-order valence-electron chi connectivity index (χ2n) is 5.71. The number of para-hydroxylation sites is 1. The van der Waals surface area contributed by atoms with Crippen molar-refractivity contribution < 1.29 is 13.2 Å². The van der Waals surface area contributed by atoms with E-state index in [0.717, 1.165) is 23.4 Å². The van der Waals surface area contributed by atoms with Crippen LogP contribution in [-0.4, -0.2) is 35.1 Å². The molecule has 0 amide bonds. The smallest absolute Gasteiger partial charge is 0.240 e. The molecule has 2 rings (SSSR count). The number of aliphatic imine (C=N–C) groups is 1. The van der Waals surface area contributed by atoms with E-state index < -0.39 is 10.0 Å². The number of benzene rings is 2. The maximum Gasteiger partial charge on any atom is 0.240 e. The molecule has 0 aliphatic carbocycles. The van der Waals surface area contributed by atoms with Crippen LogP contribution in [-0.2, 0) is 23.1 Å². The Morgan fingerprint density at radius 1 is 1.07 bits per heavy atom. The zero-order valence-corrected chi connectivity index (χ0v) is 19.4. The van der Waals surface area contributed by atoms with Crippen LogP contribution in [0.1, 0.15) is 18.1 Å². The second kappa shape index (κ2) is 11.9. The summed E-state index contributed by atoms with van der Waals surface area (Å²) in [6.07, 6.45) is 0. The Morgan fingerprint density at radius 2 is 1.75 bits per heavy atom. The van der Waals surface area contributed by atoms with Crippen molar-refractivity contribution in [2.75, 3.05) is 20.7 Å². The lowest BCUT2D eigenvalue weighted by atomic mass is 10.2. The summed E-state index contributed by atoms with van der Waals surface area (Å²) in [5.41, 5.74) is 1.95. The minimum Gasteiger partial charge on any atom is -0.496 e. The molecule has 2 aromatic carbocycles. The lowest BCUT2D eigenvalue weighted by molar-refractivity contribution is 0.409. The normalized spacial score (nSPS) is 11.5. The maximum absolute atomic E-state index is 11.8. The molecule has 0 aliphatic heterocycles. The molecule has 0 radical (unpaired) electrons. The molecule has 0 saturated heterocycles. The number of ether oxygens (including phenoxy) is 1. The fourth-order valence-corrected chi connectivity index (χ4v) is 3.16. The molecule has 0 heterocycles. The summed E-state index contributed by atoms with van der Waals surface area (Å²) in [5, 5.41) is 6.48. The Balaban J connectivity index is 0.00000392. The number of rotatable bonds is 8. The number of halogens is 1. The van der Waals surface area contributed by atoms with Gasteiger partial charge in [0.2, 0.25) is 10.0 Å². The first kappa shape index (κ1) is 24.2. The Kier molecular flexibility index (Phi) is 10.3. The van der Waals surface area contributed by atoms with Crippen LogP contribution in [0.5, 0.6) is 5.75 Å². The summed E-state index contributed by atoms with van der Waals surface area (Å²) < 4.78 is 31.2. The highest BCUT2D eigenvalue weighted by Crippen LogP contribution is 2.16. The monoisotopic (exact) mass is 518 g/mol. The average Bonchev–Trinajstić information content (AvgIpc) is 2.70. The average molecular weight is 518 g/mol. The minimum absolute atomic E-state index is 0. The Hall–Kier alpha value is -1.85. The first-order chi connectivity index (χ1) is 13.0. The highest BCUT2D eigenvalue weighted by Gasteiger charge is 2.10. The van der Waals surface area contributed by atoms with E-state index in [9.17, 15) is 8.42 Å². The molecule has 0 aromatic heterocycles. The number of nitrogens with one attached hydrogen (secondary N) is 3. The summed E-state index contributed by atoms with van der Waals surface area (Å²) in [6, 6.07) is 14.5. The van der Waals surface area contributed by atoms with Crippen LogP contribution >= 0.6 is 24.0 Å². The summed E-state index contributed by atoms with van der Waals surface area (Å²) >= 11 is 0. The largest absolute Gasteiger partial charge is 0.496 e. The van der Waals surface area contributed by atoms with E-state index in [1.54, 1.807) is 31.4 Å². The summed E-state index contributed by atoms with van der Waals surface area (Å²) in [6.45, 7) is 3.74. The van der Waals surface area contributed by atoms with Crippen LogP contribution in [0, 0.1) is 0 Å². The zero-order valence-electron chi connectivity index (χ0n) is 16.2. The third-order valence-electron chi connectivity index (χ3n) is 3.91. The third kappa shape index (κ3) is 6.95. The third-order valence-corrected chi connectivity index (χ3v) is 5.34. The van der Waals surface area contributed by atoms with E-state index >= 15 is 0 Å². The van der Waals surface area contributed by atoms with Gasteiger partial charge in [-0.1, -0.05) is 30.3 Å². The number of hydrogen-bond donors (Lipinski definition) is 3. The van der Waals surface area contributed by atoms with E-state index in [1.165, 1.54) is 7.05 Å². The van der Waals surface area contributed by atoms with Gasteiger partial charge in [-0.15, -0.1) is 24.0 Å². The number of hydrogen-bond acceptors (Lipinski definition) is 4. The number of sulfonamides is 1. The zero-order chi connectivity index (χ0) is 19.7. The fraction of sp³-hybridized carbons (Fsp3) is 0.316. The van der Waals surface area contributed by atoms with E-state index in [4.69, 9.17) is 4.74 Å². The van der Waals surface area contributed by atoms with Gasteiger partial charge in [0, 0.05) is 18.7 Å². The highest BCUT2D eigenvalue weighted by molar-refractivity contribution is 14.0. The minimum atomic E-state index is -3.42. The topological polar surface area (TPSA) is 91.8 Å². The van der Waals surface area contributed by atoms with Crippen molar-refractivity contribution in [1.29, 1.82) is 0 Å². The highest BCUT2D eigenvalue weighted by atomic mass is 127.